The van der Waals surface area contributed by atoms with Gasteiger partial charge in [0.15, 0.2) is 0 Å². The average Bonchev–Trinajstić information content (AvgIpc) is 4.06. The van der Waals surface area contributed by atoms with Gasteiger partial charge in [-0.05, 0) is 102 Å². The van der Waals surface area contributed by atoms with E-state index < -0.39 is 8.40 Å². The zero-order valence-corrected chi connectivity index (χ0v) is 34.4. The highest BCUT2D eigenvalue weighted by Crippen LogP contribution is 2.52. The molecule has 16 rings (SSSR count). The van der Waals surface area contributed by atoms with Crippen molar-refractivity contribution in [1.29, 1.82) is 0 Å². The number of benzene rings is 11. The fourth-order valence-corrected chi connectivity index (χ4v) is 18.2. The second-order valence-electron chi connectivity index (χ2n) is 17.5. The normalized spacial score (nSPS) is 13.9. The SMILES string of the molecule is c1ccc(-c2ccc3c(c2)c2ccc4ccc5c6c7c8ccccc8n(-c8ccccc8)c7ccc6n6c5c4c2n3[Si]62c3cccc4c5ccccc5c5cccc2c5c34)cc1. The van der Waals surface area contributed by atoms with Crippen LogP contribution in [0.15, 0.2) is 200 Å². The molecule has 2 aliphatic heterocycles. The Balaban J connectivity index is 1.19. The molecule has 284 valence electrons. The molecule has 0 radical (unpaired) electrons. The molecule has 0 saturated heterocycles. The third-order valence-electron chi connectivity index (χ3n) is 14.8. The summed E-state index contributed by atoms with van der Waals surface area (Å²) in [6, 6.07) is 76.2. The molecule has 4 heteroatoms. The van der Waals surface area contributed by atoms with Crippen LogP contribution in [0, 0.1) is 0 Å². The maximum atomic E-state index is 2.93. The van der Waals surface area contributed by atoms with Gasteiger partial charge in [-0.1, -0.05) is 158 Å². The third-order valence-corrected chi connectivity index (χ3v) is 19.4. The molecule has 14 aromatic rings. The lowest BCUT2D eigenvalue weighted by atomic mass is 9.95. The minimum absolute atomic E-state index is 1.18. The Morgan fingerprint density at radius 2 is 0.855 bits per heavy atom. The number of hydrogen-bond donors (Lipinski definition) is 0. The maximum absolute atomic E-state index is 3.26. The number of para-hydroxylation sites is 2. The highest BCUT2D eigenvalue weighted by Gasteiger charge is 2.54. The molecule has 0 unspecified atom stereocenters. The van der Waals surface area contributed by atoms with Crippen LogP contribution in [-0.4, -0.2) is 21.4 Å². The van der Waals surface area contributed by atoms with Crippen molar-refractivity contribution in [2.24, 2.45) is 0 Å². The fraction of sp³-hybridized carbons (Fsp3) is 0. The average molecular weight is 800 g/mol. The summed E-state index contributed by atoms with van der Waals surface area (Å²) in [5.41, 5.74) is 11.5. The van der Waals surface area contributed by atoms with Gasteiger partial charge >= 0.3 is 8.40 Å². The summed E-state index contributed by atoms with van der Waals surface area (Å²) in [4.78, 5) is 0. The van der Waals surface area contributed by atoms with Gasteiger partial charge in [0.25, 0.3) is 0 Å². The molecule has 11 aromatic carbocycles. The van der Waals surface area contributed by atoms with Crippen LogP contribution in [0.25, 0.3) is 125 Å². The van der Waals surface area contributed by atoms with E-state index in [1.807, 2.05) is 0 Å². The molecule has 1 spiro atoms. The van der Waals surface area contributed by atoms with Gasteiger partial charge in [-0.3, -0.25) is 0 Å². The first-order valence-electron chi connectivity index (χ1n) is 21.7. The van der Waals surface area contributed by atoms with Crippen molar-refractivity contribution in [2.75, 3.05) is 0 Å². The van der Waals surface area contributed by atoms with E-state index in [4.69, 9.17) is 0 Å². The Bertz CT molecular complexity index is 4300. The highest BCUT2D eigenvalue weighted by atomic mass is 28.3. The van der Waals surface area contributed by atoms with E-state index >= 15 is 0 Å². The predicted octanol–water partition coefficient (Wildman–Crippen LogP) is 13.6. The van der Waals surface area contributed by atoms with Gasteiger partial charge in [0.05, 0.1) is 22.1 Å². The van der Waals surface area contributed by atoms with Crippen LogP contribution < -0.4 is 10.4 Å². The molecule has 0 bridgehead atoms. The summed E-state index contributed by atoms with van der Waals surface area (Å²) < 4.78 is 8.31. The largest absolute Gasteiger partial charge is 0.341 e. The summed E-state index contributed by atoms with van der Waals surface area (Å²) in [5.74, 6) is 0. The zero-order chi connectivity index (χ0) is 40.0. The first-order chi connectivity index (χ1) is 30.8. The van der Waals surface area contributed by atoms with Gasteiger partial charge in [0.1, 0.15) is 0 Å². The van der Waals surface area contributed by atoms with Crippen molar-refractivity contribution in [3.05, 3.63) is 200 Å². The molecular formula is C58H33N3Si. The van der Waals surface area contributed by atoms with Gasteiger partial charge in [0, 0.05) is 54.4 Å². The fourth-order valence-electron chi connectivity index (χ4n) is 12.7. The zero-order valence-electron chi connectivity index (χ0n) is 33.4. The molecule has 0 amide bonds. The van der Waals surface area contributed by atoms with E-state index in [2.05, 4.69) is 213 Å². The van der Waals surface area contributed by atoms with Gasteiger partial charge in [-0.2, -0.15) is 0 Å². The van der Waals surface area contributed by atoms with Crippen LogP contribution >= 0.6 is 0 Å². The van der Waals surface area contributed by atoms with E-state index in [1.54, 1.807) is 0 Å². The highest BCUT2D eigenvalue weighted by molar-refractivity contribution is 7.07. The summed E-state index contributed by atoms with van der Waals surface area (Å²) >= 11 is 0. The van der Waals surface area contributed by atoms with Gasteiger partial charge in [0.2, 0.25) is 0 Å². The first kappa shape index (κ1) is 31.9. The Morgan fingerprint density at radius 3 is 1.60 bits per heavy atom. The van der Waals surface area contributed by atoms with Gasteiger partial charge < -0.3 is 13.0 Å². The molecule has 0 fully saturated rings. The van der Waals surface area contributed by atoms with Crippen molar-refractivity contribution >= 4 is 127 Å². The molecule has 5 heterocycles. The first-order valence-corrected chi connectivity index (χ1v) is 23.6. The quantitative estimate of drug-likeness (QED) is 0.122. The van der Waals surface area contributed by atoms with Crippen LogP contribution in [0.4, 0.5) is 0 Å². The van der Waals surface area contributed by atoms with E-state index in [0.717, 1.165) is 0 Å². The van der Waals surface area contributed by atoms with E-state index in [-0.39, 0.29) is 0 Å². The van der Waals surface area contributed by atoms with Crippen LogP contribution in [0.1, 0.15) is 0 Å². The second kappa shape index (κ2) is 10.9. The second-order valence-corrected chi connectivity index (χ2v) is 20.8. The summed E-state index contributed by atoms with van der Waals surface area (Å²) in [6.07, 6.45) is 0. The van der Waals surface area contributed by atoms with Crippen molar-refractivity contribution in [1.82, 2.24) is 13.0 Å². The molecule has 0 aliphatic carbocycles. The van der Waals surface area contributed by atoms with Crippen molar-refractivity contribution in [3.8, 4) is 16.8 Å². The lowest BCUT2D eigenvalue weighted by molar-refractivity contribution is 1.15. The molecule has 3 aromatic heterocycles. The van der Waals surface area contributed by atoms with Crippen LogP contribution in [-0.2, 0) is 0 Å². The van der Waals surface area contributed by atoms with Crippen molar-refractivity contribution < 1.29 is 0 Å². The number of rotatable bonds is 2. The van der Waals surface area contributed by atoms with E-state index in [1.165, 1.54) is 136 Å². The number of hydrogen-bond acceptors (Lipinski definition) is 0. The Morgan fingerprint density at radius 1 is 0.290 bits per heavy atom. The van der Waals surface area contributed by atoms with E-state index in [0.29, 0.717) is 0 Å². The Hall–Kier alpha value is -7.92. The van der Waals surface area contributed by atoms with Crippen LogP contribution in [0.2, 0.25) is 0 Å². The lowest BCUT2D eigenvalue weighted by Gasteiger charge is -2.38. The smallest absolute Gasteiger partial charge is 0.341 e. The monoisotopic (exact) mass is 799 g/mol. The Labute approximate surface area is 355 Å². The molecule has 0 atom stereocenters. The number of nitrogens with zero attached hydrogens (tertiary/aromatic N) is 3. The Kier molecular flexibility index (Phi) is 5.60. The molecule has 2 aliphatic rings. The van der Waals surface area contributed by atoms with Crippen molar-refractivity contribution in [2.45, 2.75) is 0 Å². The van der Waals surface area contributed by atoms with E-state index in [9.17, 15) is 0 Å². The molecular weight excluding hydrogens is 767 g/mol. The summed E-state index contributed by atoms with van der Waals surface area (Å²) in [5, 5.41) is 21.7. The lowest BCUT2D eigenvalue weighted by Crippen LogP contribution is -2.68. The number of fused-ring (bicyclic) bond motifs is 17. The van der Waals surface area contributed by atoms with Crippen molar-refractivity contribution in [3.63, 3.8) is 0 Å². The minimum atomic E-state index is -3.26. The third kappa shape index (κ3) is 3.46. The minimum Gasteiger partial charge on any atom is -0.341 e. The molecule has 3 nitrogen and oxygen atoms in total. The molecule has 0 saturated carbocycles. The standard InChI is InChI=1S/C58H33N3Si/c1-3-13-34(14-4-1)36-27-30-47-45(33-36)42-28-25-35-26-29-44-54-49(32-31-48-53(54)43-19-9-10-22-46(43)59(48)37-15-5-2-6-16-37)61-58(44)52(35)57(42)60(47)62(61)50-23-11-20-40-38-17-7-8-18-39(38)41-21-12-24-51(62)56(41)55(40)50/h1-33H. The molecule has 0 N–H and O–H groups in total. The van der Waals surface area contributed by atoms with Crippen LogP contribution in [0.3, 0.4) is 0 Å². The summed E-state index contributed by atoms with van der Waals surface area (Å²) in [7, 11) is -3.26. The maximum Gasteiger partial charge on any atom is 0.341 e. The summed E-state index contributed by atoms with van der Waals surface area (Å²) in [6.45, 7) is 0. The van der Waals surface area contributed by atoms with Crippen LogP contribution in [0.5, 0.6) is 0 Å². The number of aromatic nitrogens is 3. The predicted molar refractivity (Wildman–Crippen MR) is 265 cm³/mol. The molecule has 62 heavy (non-hydrogen) atoms. The topological polar surface area (TPSA) is 14.8 Å². The van der Waals surface area contributed by atoms with Gasteiger partial charge in [-0.15, -0.1) is 0 Å². The van der Waals surface area contributed by atoms with Gasteiger partial charge in [-0.25, -0.2) is 0 Å².